The average Bonchev–Trinajstić information content (AvgIpc) is 3.81. The van der Waals surface area contributed by atoms with Gasteiger partial charge in [0.25, 0.3) is 0 Å². The van der Waals surface area contributed by atoms with Gasteiger partial charge in [-0.25, -0.2) is 4.98 Å². The van der Waals surface area contributed by atoms with Gasteiger partial charge in [0.15, 0.2) is 0 Å². The smallest absolute Gasteiger partial charge is 0.137 e. The fourth-order valence-electron chi connectivity index (χ4n) is 7.22. The predicted octanol–water partition coefficient (Wildman–Crippen LogP) is 13.8. The molecule has 0 N–H and O–H groups in total. The standard InChI is InChI=1S/C47H30N2OS/c1-3-11-34(12-4-1)47-48-42-27-29-44-45(46(42)51-47)41-30-35(22-28-43(41)50-44)31-18-23-37(24-19-31)49(36-14-5-2-6-15-36)38-25-20-33(21-26-38)40-17-9-13-32-10-7-8-16-39(32)40/h1-30H. The third-order valence-corrected chi connectivity index (χ3v) is 10.8. The van der Waals surface area contributed by atoms with E-state index in [0.717, 1.165) is 70.9 Å². The zero-order valence-corrected chi connectivity index (χ0v) is 28.3. The largest absolute Gasteiger partial charge is 0.456 e. The highest BCUT2D eigenvalue weighted by atomic mass is 32.1. The van der Waals surface area contributed by atoms with Crippen LogP contribution in [0.5, 0.6) is 0 Å². The summed E-state index contributed by atoms with van der Waals surface area (Å²) in [7, 11) is 0. The number of furan rings is 1. The minimum absolute atomic E-state index is 0.884. The monoisotopic (exact) mass is 670 g/mol. The number of hydrogen-bond donors (Lipinski definition) is 0. The van der Waals surface area contributed by atoms with Crippen LogP contribution in [-0.4, -0.2) is 4.98 Å². The highest BCUT2D eigenvalue weighted by molar-refractivity contribution is 7.22. The first kappa shape index (κ1) is 29.4. The minimum atomic E-state index is 0.884. The summed E-state index contributed by atoms with van der Waals surface area (Å²) in [6.45, 7) is 0. The molecule has 0 aliphatic heterocycles. The van der Waals surface area contributed by atoms with E-state index in [1.165, 1.54) is 21.9 Å². The summed E-state index contributed by atoms with van der Waals surface area (Å²) >= 11 is 1.73. The van der Waals surface area contributed by atoms with Gasteiger partial charge in [0.2, 0.25) is 0 Å². The molecule has 51 heavy (non-hydrogen) atoms. The van der Waals surface area contributed by atoms with E-state index in [1.807, 2.05) is 12.1 Å². The van der Waals surface area contributed by atoms with Crippen molar-refractivity contribution in [3.63, 3.8) is 0 Å². The van der Waals surface area contributed by atoms with E-state index < -0.39 is 0 Å². The van der Waals surface area contributed by atoms with Crippen molar-refractivity contribution in [1.82, 2.24) is 4.98 Å². The SMILES string of the molecule is c1ccc(-c2nc3ccc4oc5ccc(-c6ccc(N(c7ccccc7)c7ccc(-c8cccc9ccccc89)cc7)cc6)cc5c4c3s2)cc1. The maximum atomic E-state index is 6.34. The molecule has 0 spiro atoms. The van der Waals surface area contributed by atoms with E-state index in [4.69, 9.17) is 9.40 Å². The Bertz CT molecular complexity index is 2830. The van der Waals surface area contributed by atoms with Crippen LogP contribution < -0.4 is 4.90 Å². The van der Waals surface area contributed by atoms with Crippen LogP contribution in [-0.2, 0) is 0 Å². The molecule has 0 bridgehead atoms. The lowest BCUT2D eigenvalue weighted by molar-refractivity contribution is 0.669. The fraction of sp³-hybridized carbons (Fsp3) is 0. The number of benzene rings is 8. The van der Waals surface area contributed by atoms with Crippen molar-refractivity contribution in [3.05, 3.63) is 182 Å². The van der Waals surface area contributed by atoms with Crippen LogP contribution in [0, 0.1) is 0 Å². The fourth-order valence-corrected chi connectivity index (χ4v) is 8.35. The maximum absolute atomic E-state index is 6.34. The lowest BCUT2D eigenvalue weighted by Crippen LogP contribution is -2.09. The second kappa shape index (κ2) is 12.1. The highest BCUT2D eigenvalue weighted by Gasteiger charge is 2.17. The number of nitrogens with zero attached hydrogens (tertiary/aromatic N) is 2. The maximum Gasteiger partial charge on any atom is 0.137 e. The Balaban J connectivity index is 1.02. The van der Waals surface area contributed by atoms with Crippen molar-refractivity contribution in [3.8, 4) is 32.8 Å². The highest BCUT2D eigenvalue weighted by Crippen LogP contribution is 2.42. The Kier molecular flexibility index (Phi) is 7.00. The summed E-state index contributed by atoms with van der Waals surface area (Å²) in [5.74, 6) is 0. The molecule has 10 rings (SSSR count). The van der Waals surface area contributed by atoms with Gasteiger partial charge in [-0.05, 0) is 93.7 Å². The molecule has 2 aromatic heterocycles. The molecule has 0 unspecified atom stereocenters. The van der Waals surface area contributed by atoms with Crippen LogP contribution in [0.1, 0.15) is 0 Å². The second-order valence-corrected chi connectivity index (χ2v) is 13.8. The molecular weight excluding hydrogens is 641 g/mol. The van der Waals surface area contributed by atoms with Crippen LogP contribution >= 0.6 is 11.3 Å². The van der Waals surface area contributed by atoms with Crippen molar-refractivity contribution in [2.45, 2.75) is 0 Å². The molecule has 3 nitrogen and oxygen atoms in total. The molecule has 0 saturated carbocycles. The summed E-state index contributed by atoms with van der Waals surface area (Å²) in [6.07, 6.45) is 0. The molecule has 0 aliphatic rings. The van der Waals surface area contributed by atoms with Gasteiger partial charge in [0.05, 0.1) is 10.2 Å². The van der Waals surface area contributed by atoms with Crippen molar-refractivity contribution in [2.75, 3.05) is 4.90 Å². The van der Waals surface area contributed by atoms with E-state index in [-0.39, 0.29) is 0 Å². The topological polar surface area (TPSA) is 29.3 Å². The molecule has 0 saturated heterocycles. The van der Waals surface area contributed by atoms with E-state index in [2.05, 4.69) is 175 Å². The molecule has 0 aliphatic carbocycles. The van der Waals surface area contributed by atoms with Crippen molar-refractivity contribution < 1.29 is 4.42 Å². The first-order valence-corrected chi connectivity index (χ1v) is 17.9. The van der Waals surface area contributed by atoms with Crippen LogP contribution in [0.15, 0.2) is 186 Å². The van der Waals surface area contributed by atoms with Crippen LogP contribution in [0.2, 0.25) is 0 Å². The van der Waals surface area contributed by atoms with Gasteiger partial charge in [0.1, 0.15) is 16.2 Å². The summed E-state index contributed by atoms with van der Waals surface area (Å²) in [4.78, 5) is 7.29. The molecule has 8 aromatic carbocycles. The molecule has 0 amide bonds. The first-order valence-electron chi connectivity index (χ1n) is 17.1. The first-order chi connectivity index (χ1) is 25.3. The number of aromatic nitrogens is 1. The van der Waals surface area contributed by atoms with Gasteiger partial charge in [0, 0.05) is 33.4 Å². The van der Waals surface area contributed by atoms with Crippen molar-refractivity contribution in [1.29, 1.82) is 0 Å². The Morgan fingerprint density at radius 1 is 0.451 bits per heavy atom. The number of thiazole rings is 1. The minimum Gasteiger partial charge on any atom is -0.456 e. The predicted molar refractivity (Wildman–Crippen MR) is 215 cm³/mol. The van der Waals surface area contributed by atoms with Gasteiger partial charge < -0.3 is 9.32 Å². The van der Waals surface area contributed by atoms with E-state index in [9.17, 15) is 0 Å². The zero-order valence-electron chi connectivity index (χ0n) is 27.5. The Morgan fingerprint density at radius 3 is 1.86 bits per heavy atom. The Hall–Kier alpha value is -6.49. The van der Waals surface area contributed by atoms with E-state index >= 15 is 0 Å². The van der Waals surface area contributed by atoms with Gasteiger partial charge in [-0.2, -0.15) is 0 Å². The van der Waals surface area contributed by atoms with Gasteiger partial charge in [-0.15, -0.1) is 11.3 Å². The lowest BCUT2D eigenvalue weighted by Gasteiger charge is -2.26. The van der Waals surface area contributed by atoms with Gasteiger partial charge in [-0.3, -0.25) is 0 Å². The Morgan fingerprint density at radius 2 is 1.08 bits per heavy atom. The molecular formula is C47H30N2OS. The van der Waals surface area contributed by atoms with E-state index in [1.54, 1.807) is 11.3 Å². The lowest BCUT2D eigenvalue weighted by atomic mass is 9.98. The van der Waals surface area contributed by atoms with Crippen molar-refractivity contribution >= 4 is 71.3 Å². The normalized spacial score (nSPS) is 11.5. The van der Waals surface area contributed by atoms with Crippen LogP contribution in [0.3, 0.4) is 0 Å². The van der Waals surface area contributed by atoms with Gasteiger partial charge in [-0.1, -0.05) is 121 Å². The summed E-state index contributed by atoms with van der Waals surface area (Å²) in [6, 6.07) is 64.4. The molecule has 0 radical (unpaired) electrons. The quantitative estimate of drug-likeness (QED) is 0.176. The summed E-state index contributed by atoms with van der Waals surface area (Å²) < 4.78 is 7.50. The Labute approximate surface area is 299 Å². The van der Waals surface area contributed by atoms with Gasteiger partial charge >= 0.3 is 0 Å². The third kappa shape index (κ3) is 5.16. The van der Waals surface area contributed by atoms with Crippen LogP contribution in [0.4, 0.5) is 17.1 Å². The number of rotatable bonds is 6. The molecule has 0 fully saturated rings. The van der Waals surface area contributed by atoms with Crippen molar-refractivity contribution in [2.24, 2.45) is 0 Å². The molecule has 0 atom stereocenters. The second-order valence-electron chi connectivity index (χ2n) is 12.8. The number of fused-ring (bicyclic) bond motifs is 6. The zero-order chi connectivity index (χ0) is 33.7. The number of para-hydroxylation sites is 1. The third-order valence-electron chi connectivity index (χ3n) is 9.71. The van der Waals surface area contributed by atoms with Crippen LogP contribution in [0.25, 0.3) is 75.8 Å². The molecule has 2 heterocycles. The average molecular weight is 671 g/mol. The molecule has 10 aromatic rings. The number of hydrogen-bond acceptors (Lipinski definition) is 4. The van der Waals surface area contributed by atoms with E-state index in [0.29, 0.717) is 0 Å². The summed E-state index contributed by atoms with van der Waals surface area (Å²) in [5, 5.41) is 5.77. The molecule has 4 heteroatoms. The number of anilines is 3. The molecule has 240 valence electrons. The summed E-state index contributed by atoms with van der Waals surface area (Å²) in [5.41, 5.74) is 11.9.